The molecule has 2 aromatic rings. The van der Waals surface area contributed by atoms with Crippen LogP contribution >= 0.6 is 15.9 Å². The highest BCUT2D eigenvalue weighted by Crippen LogP contribution is 2.15. The van der Waals surface area contributed by atoms with Gasteiger partial charge in [-0.05, 0) is 52.3 Å². The van der Waals surface area contributed by atoms with Crippen LogP contribution in [0, 0.1) is 5.82 Å². The lowest BCUT2D eigenvalue weighted by atomic mass is 10.3. The Balaban J connectivity index is 2.17. The van der Waals surface area contributed by atoms with E-state index >= 15 is 0 Å². The van der Waals surface area contributed by atoms with Crippen LogP contribution in [0.5, 0.6) is 0 Å². The first-order chi connectivity index (χ1) is 8.16. The van der Waals surface area contributed by atoms with Crippen LogP contribution in [0.1, 0.15) is 10.5 Å². The minimum absolute atomic E-state index is 0.289. The van der Waals surface area contributed by atoms with Gasteiger partial charge in [-0.15, -0.1) is 0 Å². The number of pyridine rings is 1. The number of nitrogens with zero attached hydrogens (tertiary/aromatic N) is 1. The Hall–Kier alpha value is -1.75. The van der Waals surface area contributed by atoms with Crippen molar-refractivity contribution in [2.45, 2.75) is 0 Å². The number of anilines is 1. The molecule has 0 radical (unpaired) electrons. The Morgan fingerprint density at radius 2 is 1.94 bits per heavy atom. The molecule has 1 aromatic carbocycles. The highest BCUT2D eigenvalue weighted by Gasteiger charge is 2.10. The molecule has 0 atom stereocenters. The second-order valence-electron chi connectivity index (χ2n) is 3.29. The predicted molar refractivity (Wildman–Crippen MR) is 66.3 cm³/mol. The zero-order valence-electron chi connectivity index (χ0n) is 8.65. The minimum Gasteiger partial charge on any atom is -0.321 e. The monoisotopic (exact) mass is 294 g/mol. The molecular weight excluding hydrogens is 287 g/mol. The van der Waals surface area contributed by atoms with E-state index in [1.807, 2.05) is 0 Å². The number of nitrogens with one attached hydrogen (secondary N) is 1. The van der Waals surface area contributed by atoms with Crippen molar-refractivity contribution in [1.82, 2.24) is 4.98 Å². The van der Waals surface area contributed by atoms with Crippen LogP contribution in [0.4, 0.5) is 10.1 Å². The van der Waals surface area contributed by atoms with Crippen molar-refractivity contribution in [3.63, 3.8) is 0 Å². The van der Waals surface area contributed by atoms with Crippen LogP contribution in [-0.4, -0.2) is 10.9 Å². The lowest BCUT2D eigenvalue weighted by Crippen LogP contribution is -2.14. The third kappa shape index (κ3) is 2.88. The topological polar surface area (TPSA) is 42.0 Å². The summed E-state index contributed by atoms with van der Waals surface area (Å²) in [4.78, 5) is 15.8. The largest absolute Gasteiger partial charge is 0.321 e. The molecule has 5 heteroatoms. The molecule has 0 bridgehead atoms. The molecule has 1 N–H and O–H groups in total. The van der Waals surface area contributed by atoms with Crippen molar-refractivity contribution >= 4 is 27.5 Å². The van der Waals surface area contributed by atoms with Gasteiger partial charge in [-0.25, -0.2) is 9.37 Å². The van der Waals surface area contributed by atoms with Crippen LogP contribution in [0.25, 0.3) is 0 Å². The molecular formula is C12H8BrFN2O. The molecule has 0 aliphatic heterocycles. The molecule has 0 aliphatic rings. The third-order valence-corrected chi connectivity index (χ3v) is 2.72. The molecule has 1 aromatic heterocycles. The average molecular weight is 295 g/mol. The first-order valence-corrected chi connectivity index (χ1v) is 5.63. The normalized spacial score (nSPS) is 10.0. The Kier molecular flexibility index (Phi) is 3.49. The van der Waals surface area contributed by atoms with E-state index in [1.54, 1.807) is 12.1 Å². The molecule has 0 spiro atoms. The van der Waals surface area contributed by atoms with Crippen molar-refractivity contribution in [3.05, 3.63) is 58.6 Å². The maximum absolute atomic E-state index is 12.7. The van der Waals surface area contributed by atoms with E-state index in [4.69, 9.17) is 0 Å². The predicted octanol–water partition coefficient (Wildman–Crippen LogP) is 3.24. The molecule has 3 nitrogen and oxygen atoms in total. The number of carbonyl (C=O) groups is 1. The maximum Gasteiger partial charge on any atom is 0.275 e. The molecule has 0 aliphatic carbocycles. The molecule has 0 saturated carbocycles. The molecule has 0 unspecified atom stereocenters. The first kappa shape index (κ1) is 11.7. The number of benzene rings is 1. The van der Waals surface area contributed by atoms with E-state index < -0.39 is 0 Å². The van der Waals surface area contributed by atoms with Crippen LogP contribution in [0.2, 0.25) is 0 Å². The summed E-state index contributed by atoms with van der Waals surface area (Å²) in [6.07, 6.45) is 1.53. The molecule has 1 amide bonds. The molecule has 86 valence electrons. The number of rotatable bonds is 2. The van der Waals surface area contributed by atoms with Gasteiger partial charge < -0.3 is 5.32 Å². The van der Waals surface area contributed by atoms with Crippen molar-refractivity contribution in [2.75, 3.05) is 5.32 Å². The SMILES string of the molecule is O=C(Nc1ccc(F)cc1)c1ncccc1Br. The summed E-state index contributed by atoms with van der Waals surface area (Å²) in [6.45, 7) is 0. The first-order valence-electron chi connectivity index (χ1n) is 4.84. The lowest BCUT2D eigenvalue weighted by molar-refractivity contribution is 0.102. The van der Waals surface area contributed by atoms with Gasteiger partial charge in [0.25, 0.3) is 5.91 Å². The number of hydrogen-bond acceptors (Lipinski definition) is 2. The molecule has 2 rings (SSSR count). The number of carbonyl (C=O) groups excluding carboxylic acids is 1. The van der Waals surface area contributed by atoms with E-state index in [-0.39, 0.29) is 17.4 Å². The lowest BCUT2D eigenvalue weighted by Gasteiger charge is -2.05. The van der Waals surface area contributed by atoms with Crippen molar-refractivity contribution in [2.24, 2.45) is 0 Å². The standard InChI is InChI=1S/C12H8BrFN2O/c13-10-2-1-7-15-11(10)12(17)16-9-5-3-8(14)4-6-9/h1-7H,(H,16,17). The van der Waals surface area contributed by atoms with Crippen LogP contribution in [-0.2, 0) is 0 Å². The van der Waals surface area contributed by atoms with E-state index in [0.717, 1.165) is 0 Å². The van der Waals surface area contributed by atoms with Crippen LogP contribution in [0.3, 0.4) is 0 Å². The number of amides is 1. The zero-order valence-corrected chi connectivity index (χ0v) is 10.2. The molecule has 17 heavy (non-hydrogen) atoms. The zero-order chi connectivity index (χ0) is 12.3. The summed E-state index contributed by atoms with van der Waals surface area (Å²) >= 11 is 3.24. The van der Waals surface area contributed by atoms with Crippen molar-refractivity contribution in [3.8, 4) is 0 Å². The average Bonchev–Trinajstić information content (AvgIpc) is 2.32. The van der Waals surface area contributed by atoms with Gasteiger partial charge >= 0.3 is 0 Å². The molecule has 1 heterocycles. The second kappa shape index (κ2) is 5.05. The van der Waals surface area contributed by atoms with Gasteiger partial charge in [-0.2, -0.15) is 0 Å². The van der Waals surface area contributed by atoms with Gasteiger partial charge in [0, 0.05) is 16.4 Å². The Morgan fingerprint density at radius 1 is 1.24 bits per heavy atom. The number of halogens is 2. The third-order valence-electron chi connectivity index (χ3n) is 2.08. The van der Waals surface area contributed by atoms with Crippen molar-refractivity contribution in [1.29, 1.82) is 0 Å². The van der Waals surface area contributed by atoms with E-state index in [9.17, 15) is 9.18 Å². The highest BCUT2D eigenvalue weighted by atomic mass is 79.9. The summed E-state index contributed by atoms with van der Waals surface area (Å²) in [7, 11) is 0. The van der Waals surface area contributed by atoms with E-state index in [0.29, 0.717) is 10.2 Å². The van der Waals surface area contributed by atoms with Gasteiger partial charge in [0.15, 0.2) is 0 Å². The van der Waals surface area contributed by atoms with Crippen molar-refractivity contribution < 1.29 is 9.18 Å². The summed E-state index contributed by atoms with van der Waals surface area (Å²) in [6, 6.07) is 8.99. The van der Waals surface area contributed by atoms with Gasteiger partial charge in [-0.1, -0.05) is 0 Å². The summed E-state index contributed by atoms with van der Waals surface area (Å²) < 4.78 is 13.3. The highest BCUT2D eigenvalue weighted by molar-refractivity contribution is 9.10. The van der Waals surface area contributed by atoms with Crippen LogP contribution < -0.4 is 5.32 Å². The number of aromatic nitrogens is 1. The maximum atomic E-state index is 12.7. The quantitative estimate of drug-likeness (QED) is 0.924. The van der Waals surface area contributed by atoms with E-state index in [2.05, 4.69) is 26.2 Å². The molecule has 0 fully saturated rings. The minimum atomic E-state index is -0.345. The summed E-state index contributed by atoms with van der Waals surface area (Å²) in [5.74, 6) is -0.689. The fraction of sp³-hybridized carbons (Fsp3) is 0. The number of hydrogen-bond donors (Lipinski definition) is 1. The van der Waals surface area contributed by atoms with Crippen LogP contribution in [0.15, 0.2) is 47.1 Å². The van der Waals surface area contributed by atoms with Gasteiger partial charge in [0.05, 0.1) is 0 Å². The fourth-order valence-electron chi connectivity index (χ4n) is 1.28. The Labute approximate surface area is 106 Å². The van der Waals surface area contributed by atoms with Gasteiger partial charge in [0.1, 0.15) is 11.5 Å². The second-order valence-corrected chi connectivity index (χ2v) is 4.15. The summed E-state index contributed by atoms with van der Waals surface area (Å²) in [5.41, 5.74) is 0.811. The van der Waals surface area contributed by atoms with Gasteiger partial charge in [0.2, 0.25) is 0 Å². The van der Waals surface area contributed by atoms with E-state index in [1.165, 1.54) is 30.5 Å². The Morgan fingerprint density at radius 3 is 2.59 bits per heavy atom. The Bertz CT molecular complexity index is 542. The summed E-state index contributed by atoms with van der Waals surface area (Å²) in [5, 5.41) is 2.63. The fourth-order valence-corrected chi connectivity index (χ4v) is 1.71. The van der Waals surface area contributed by atoms with Gasteiger partial charge in [-0.3, -0.25) is 4.79 Å². The molecule has 0 saturated heterocycles. The smallest absolute Gasteiger partial charge is 0.275 e.